The zero-order chi connectivity index (χ0) is 12.7. The number of nitrogens with one attached hydrogen (secondary N) is 1. The first kappa shape index (κ1) is 14.8. The summed E-state index contributed by atoms with van der Waals surface area (Å²) in [7, 11) is 0. The van der Waals surface area contributed by atoms with Gasteiger partial charge in [-0.3, -0.25) is 4.79 Å². The molecule has 0 atom stereocenters. The molecule has 3 nitrogen and oxygen atoms in total. The summed E-state index contributed by atoms with van der Waals surface area (Å²) in [5.41, 5.74) is 0. The second-order valence-corrected chi connectivity index (χ2v) is 6.23. The zero-order valence-corrected chi connectivity index (χ0v) is 12.2. The van der Waals surface area contributed by atoms with Gasteiger partial charge in [-0.05, 0) is 46.2 Å². The van der Waals surface area contributed by atoms with Crippen molar-refractivity contribution in [1.82, 2.24) is 10.2 Å². The van der Waals surface area contributed by atoms with Crippen molar-refractivity contribution in [3.63, 3.8) is 0 Å². The van der Waals surface area contributed by atoms with E-state index >= 15 is 0 Å². The van der Waals surface area contributed by atoms with Crippen LogP contribution in [0.4, 0.5) is 0 Å². The number of carbonyl (C=O) groups is 1. The highest BCUT2D eigenvalue weighted by Crippen LogP contribution is 2.20. The number of nitrogens with zero attached hydrogens (tertiary/aromatic N) is 1. The molecule has 0 saturated carbocycles. The second kappa shape index (κ2) is 7.98. The number of amides is 1. The van der Waals surface area contributed by atoms with Gasteiger partial charge in [-0.1, -0.05) is 6.92 Å². The molecule has 1 amide bonds. The van der Waals surface area contributed by atoms with Gasteiger partial charge in [0.25, 0.3) is 0 Å². The molecular formula is C13H26N2OS. The summed E-state index contributed by atoms with van der Waals surface area (Å²) in [5.74, 6) is 0.966. The molecular weight excluding hydrogens is 232 g/mol. The van der Waals surface area contributed by atoms with Crippen LogP contribution in [0.3, 0.4) is 0 Å². The topological polar surface area (TPSA) is 32.3 Å². The number of thioether (sulfide) groups is 1. The molecule has 0 radical (unpaired) electrons. The molecule has 0 aromatic rings. The fourth-order valence-electron chi connectivity index (χ4n) is 2.15. The lowest BCUT2D eigenvalue weighted by Gasteiger charge is -2.28. The first-order valence-corrected chi connectivity index (χ1v) is 7.81. The highest BCUT2D eigenvalue weighted by Gasteiger charge is 2.19. The summed E-state index contributed by atoms with van der Waals surface area (Å²) in [6.07, 6.45) is 3.45. The lowest BCUT2D eigenvalue weighted by molar-refractivity contribution is -0.130. The average molecular weight is 258 g/mol. The third kappa shape index (κ3) is 5.30. The number of piperidine rings is 1. The van der Waals surface area contributed by atoms with Crippen molar-refractivity contribution in [2.75, 3.05) is 25.4 Å². The predicted molar refractivity (Wildman–Crippen MR) is 75.5 cm³/mol. The van der Waals surface area contributed by atoms with Crippen LogP contribution in [0.5, 0.6) is 0 Å². The van der Waals surface area contributed by atoms with Crippen LogP contribution >= 0.6 is 11.8 Å². The van der Waals surface area contributed by atoms with Gasteiger partial charge < -0.3 is 10.2 Å². The van der Waals surface area contributed by atoms with Gasteiger partial charge in [0, 0.05) is 17.8 Å². The fraction of sp³-hybridized carbons (Fsp3) is 0.923. The lowest BCUT2D eigenvalue weighted by Crippen LogP contribution is -2.39. The summed E-state index contributed by atoms with van der Waals surface area (Å²) in [6.45, 7) is 9.43. The molecule has 0 aliphatic carbocycles. The minimum atomic E-state index is 0.311. The van der Waals surface area contributed by atoms with Crippen LogP contribution in [0.1, 0.15) is 40.0 Å². The summed E-state index contributed by atoms with van der Waals surface area (Å²) < 4.78 is 0. The van der Waals surface area contributed by atoms with Gasteiger partial charge in [0.2, 0.25) is 5.91 Å². The van der Waals surface area contributed by atoms with Crippen LogP contribution in [0.2, 0.25) is 0 Å². The second-order valence-electron chi connectivity index (χ2n) is 4.94. The maximum atomic E-state index is 12.1. The van der Waals surface area contributed by atoms with Gasteiger partial charge >= 0.3 is 0 Å². The Morgan fingerprint density at radius 3 is 2.59 bits per heavy atom. The van der Waals surface area contributed by atoms with E-state index in [-0.39, 0.29) is 0 Å². The van der Waals surface area contributed by atoms with Crippen LogP contribution in [0.25, 0.3) is 0 Å². The Morgan fingerprint density at radius 1 is 1.41 bits per heavy atom. The Labute approximate surface area is 110 Å². The van der Waals surface area contributed by atoms with Crippen LogP contribution in [-0.4, -0.2) is 47.5 Å². The van der Waals surface area contributed by atoms with Gasteiger partial charge in [-0.2, -0.15) is 0 Å². The van der Waals surface area contributed by atoms with E-state index in [1.165, 1.54) is 12.8 Å². The third-order valence-electron chi connectivity index (χ3n) is 3.14. The normalized spacial score (nSPS) is 17.4. The maximum absolute atomic E-state index is 12.1. The van der Waals surface area contributed by atoms with Crippen LogP contribution in [0, 0.1) is 0 Å². The Morgan fingerprint density at radius 2 is 2.06 bits per heavy atom. The molecule has 0 unspecified atom stereocenters. The van der Waals surface area contributed by atoms with Crippen molar-refractivity contribution in [1.29, 1.82) is 0 Å². The Hall–Kier alpha value is -0.220. The highest BCUT2D eigenvalue weighted by molar-refractivity contribution is 8.00. The standard InChI is InChI=1S/C13H26N2OS/c1-4-9-15(11(2)3)13(16)10-17-12-5-7-14-8-6-12/h11-12,14H,4-10H2,1-3H3. The quantitative estimate of drug-likeness (QED) is 0.792. The molecule has 100 valence electrons. The van der Waals surface area contributed by atoms with Crippen molar-refractivity contribution in [2.24, 2.45) is 0 Å². The molecule has 1 rings (SSSR count). The van der Waals surface area contributed by atoms with Crippen LogP contribution in [-0.2, 0) is 4.79 Å². The first-order chi connectivity index (χ1) is 8.15. The van der Waals surface area contributed by atoms with Gasteiger partial charge in [0.1, 0.15) is 0 Å². The number of carbonyl (C=O) groups excluding carboxylic acids is 1. The zero-order valence-electron chi connectivity index (χ0n) is 11.4. The molecule has 1 saturated heterocycles. The molecule has 1 heterocycles. The van der Waals surface area contributed by atoms with E-state index in [9.17, 15) is 4.79 Å². The van der Waals surface area contributed by atoms with Crippen molar-refractivity contribution in [2.45, 2.75) is 51.3 Å². The highest BCUT2D eigenvalue weighted by atomic mass is 32.2. The summed E-state index contributed by atoms with van der Waals surface area (Å²) in [6, 6.07) is 0.330. The van der Waals surface area contributed by atoms with Gasteiger partial charge in [-0.15, -0.1) is 11.8 Å². The molecule has 1 N–H and O–H groups in total. The van der Waals surface area contributed by atoms with E-state index in [1.807, 2.05) is 16.7 Å². The predicted octanol–water partition coefficient (Wildman–Crippen LogP) is 2.12. The molecule has 4 heteroatoms. The Bertz CT molecular complexity index is 227. The summed E-state index contributed by atoms with van der Waals surface area (Å²) in [4.78, 5) is 14.1. The fourth-order valence-corrected chi connectivity index (χ4v) is 3.26. The SMILES string of the molecule is CCCN(C(=O)CSC1CCNCC1)C(C)C. The van der Waals surface area contributed by atoms with Crippen molar-refractivity contribution in [3.05, 3.63) is 0 Å². The Kier molecular flexibility index (Phi) is 6.97. The third-order valence-corrected chi connectivity index (χ3v) is 4.49. The molecule has 1 aliphatic heterocycles. The smallest absolute Gasteiger partial charge is 0.232 e. The van der Waals surface area contributed by atoms with E-state index in [4.69, 9.17) is 0 Å². The molecule has 0 bridgehead atoms. The molecule has 0 aromatic heterocycles. The van der Waals surface area contributed by atoms with Crippen LogP contribution < -0.4 is 5.32 Å². The minimum Gasteiger partial charge on any atom is -0.340 e. The first-order valence-electron chi connectivity index (χ1n) is 6.77. The van der Waals surface area contributed by atoms with E-state index in [1.54, 1.807) is 0 Å². The number of hydrogen-bond donors (Lipinski definition) is 1. The summed E-state index contributed by atoms with van der Waals surface area (Å²) >= 11 is 1.85. The maximum Gasteiger partial charge on any atom is 0.232 e. The monoisotopic (exact) mass is 258 g/mol. The van der Waals surface area contributed by atoms with Gasteiger partial charge in [0.15, 0.2) is 0 Å². The van der Waals surface area contributed by atoms with Gasteiger partial charge in [-0.25, -0.2) is 0 Å². The van der Waals surface area contributed by atoms with E-state index in [0.717, 1.165) is 26.1 Å². The molecule has 0 spiro atoms. The molecule has 0 aromatic carbocycles. The molecule has 17 heavy (non-hydrogen) atoms. The minimum absolute atomic E-state index is 0.311. The van der Waals surface area contributed by atoms with E-state index < -0.39 is 0 Å². The van der Waals surface area contributed by atoms with Crippen molar-refractivity contribution in [3.8, 4) is 0 Å². The molecule has 1 aliphatic rings. The number of hydrogen-bond acceptors (Lipinski definition) is 3. The van der Waals surface area contributed by atoms with Crippen LogP contribution in [0.15, 0.2) is 0 Å². The van der Waals surface area contributed by atoms with Crippen molar-refractivity contribution >= 4 is 17.7 Å². The lowest BCUT2D eigenvalue weighted by atomic mass is 10.2. The summed E-state index contributed by atoms with van der Waals surface area (Å²) in [5, 5.41) is 4.03. The molecule has 1 fully saturated rings. The number of rotatable bonds is 6. The van der Waals surface area contributed by atoms with E-state index in [0.29, 0.717) is 23.0 Å². The van der Waals surface area contributed by atoms with Crippen molar-refractivity contribution < 1.29 is 4.79 Å². The average Bonchev–Trinajstić information content (AvgIpc) is 2.34. The van der Waals surface area contributed by atoms with Gasteiger partial charge in [0.05, 0.1) is 5.75 Å². The van der Waals surface area contributed by atoms with E-state index in [2.05, 4.69) is 26.1 Å². The largest absolute Gasteiger partial charge is 0.340 e. The Balaban J connectivity index is 2.30.